The standard InChI is InChI=1S/C14H24O4/c1-13(2)12(17-13)8-14(3)11(18-14)7-10-9(15)5-4-6-16-10/h9-12,15H,4-8H2,1-3H3/t9-,10+,11-,12-,14-/m1/s1. The average Bonchev–Trinajstić information content (AvgIpc) is 3.09. The molecule has 0 aliphatic carbocycles. The highest BCUT2D eigenvalue weighted by atomic mass is 16.6. The number of hydrogen-bond acceptors (Lipinski definition) is 4. The smallest absolute Gasteiger partial charge is 0.0947 e. The SMILES string of the molecule is CC1(C)O[C@@H]1C[C@@]1(C)O[C@@H]1C[C@@H]1OCCC[C@H]1O. The van der Waals surface area contributed by atoms with Crippen molar-refractivity contribution in [2.45, 2.75) is 82.1 Å². The minimum absolute atomic E-state index is 0.0281. The van der Waals surface area contributed by atoms with E-state index in [4.69, 9.17) is 14.2 Å². The summed E-state index contributed by atoms with van der Waals surface area (Å²) in [6.45, 7) is 7.15. The average molecular weight is 256 g/mol. The zero-order valence-corrected chi connectivity index (χ0v) is 11.5. The first-order chi connectivity index (χ1) is 8.41. The predicted octanol–water partition coefficient (Wildman–Crippen LogP) is 1.64. The van der Waals surface area contributed by atoms with E-state index in [9.17, 15) is 5.11 Å². The van der Waals surface area contributed by atoms with Crippen LogP contribution in [0.3, 0.4) is 0 Å². The van der Waals surface area contributed by atoms with Gasteiger partial charge in [-0.15, -0.1) is 0 Å². The summed E-state index contributed by atoms with van der Waals surface area (Å²) < 4.78 is 17.1. The molecule has 3 aliphatic heterocycles. The first kappa shape index (κ1) is 12.9. The van der Waals surface area contributed by atoms with Crippen molar-refractivity contribution in [2.75, 3.05) is 6.61 Å². The number of hydrogen-bond donors (Lipinski definition) is 1. The number of aliphatic hydroxyl groups excluding tert-OH is 1. The molecule has 3 fully saturated rings. The Labute approximate surface area is 109 Å². The molecular formula is C14H24O4. The van der Waals surface area contributed by atoms with E-state index in [1.165, 1.54) is 0 Å². The summed E-state index contributed by atoms with van der Waals surface area (Å²) in [7, 11) is 0. The van der Waals surface area contributed by atoms with Crippen LogP contribution in [0.5, 0.6) is 0 Å². The van der Waals surface area contributed by atoms with Gasteiger partial charge < -0.3 is 19.3 Å². The van der Waals surface area contributed by atoms with Gasteiger partial charge in [0.05, 0.1) is 35.6 Å². The first-order valence-corrected chi connectivity index (χ1v) is 7.06. The van der Waals surface area contributed by atoms with Gasteiger partial charge in [-0.2, -0.15) is 0 Å². The van der Waals surface area contributed by atoms with Gasteiger partial charge in [-0.25, -0.2) is 0 Å². The summed E-state index contributed by atoms with van der Waals surface area (Å²) in [5.41, 5.74) is -0.0423. The monoisotopic (exact) mass is 256 g/mol. The fraction of sp³-hybridized carbons (Fsp3) is 1.00. The number of epoxide rings is 2. The molecule has 4 nitrogen and oxygen atoms in total. The molecule has 18 heavy (non-hydrogen) atoms. The van der Waals surface area contributed by atoms with Crippen LogP contribution in [0, 0.1) is 0 Å². The lowest BCUT2D eigenvalue weighted by Gasteiger charge is -2.27. The fourth-order valence-electron chi connectivity index (χ4n) is 3.02. The molecule has 5 atom stereocenters. The third-order valence-electron chi connectivity index (χ3n) is 4.64. The van der Waals surface area contributed by atoms with Crippen LogP contribution in [0.25, 0.3) is 0 Å². The largest absolute Gasteiger partial charge is 0.390 e. The molecule has 1 N–H and O–H groups in total. The van der Waals surface area contributed by atoms with Crippen molar-refractivity contribution < 1.29 is 19.3 Å². The summed E-state index contributed by atoms with van der Waals surface area (Å²) in [6.07, 6.45) is 3.76. The maximum absolute atomic E-state index is 9.89. The molecule has 0 bridgehead atoms. The number of ether oxygens (including phenoxy) is 3. The van der Waals surface area contributed by atoms with Crippen molar-refractivity contribution >= 4 is 0 Å². The van der Waals surface area contributed by atoms with Crippen molar-refractivity contribution in [1.82, 2.24) is 0 Å². The molecule has 0 radical (unpaired) electrons. The van der Waals surface area contributed by atoms with Gasteiger partial charge in [0, 0.05) is 19.4 Å². The van der Waals surface area contributed by atoms with E-state index in [1.54, 1.807) is 0 Å². The van der Waals surface area contributed by atoms with Crippen LogP contribution < -0.4 is 0 Å². The molecule has 104 valence electrons. The van der Waals surface area contributed by atoms with Crippen LogP contribution in [-0.2, 0) is 14.2 Å². The van der Waals surface area contributed by atoms with Crippen molar-refractivity contribution in [2.24, 2.45) is 0 Å². The van der Waals surface area contributed by atoms with Crippen molar-refractivity contribution in [3.8, 4) is 0 Å². The summed E-state index contributed by atoms with van der Waals surface area (Å²) in [6, 6.07) is 0. The molecule has 0 saturated carbocycles. The topological polar surface area (TPSA) is 54.5 Å². The summed E-state index contributed by atoms with van der Waals surface area (Å²) in [5, 5.41) is 9.89. The Hall–Kier alpha value is -0.160. The summed E-state index contributed by atoms with van der Waals surface area (Å²) in [4.78, 5) is 0. The minimum atomic E-state index is -0.319. The van der Waals surface area contributed by atoms with Crippen LogP contribution in [-0.4, -0.2) is 47.3 Å². The van der Waals surface area contributed by atoms with E-state index in [-0.39, 0.29) is 29.5 Å². The normalized spacial score (nSPS) is 50.0. The van der Waals surface area contributed by atoms with Gasteiger partial charge in [0.25, 0.3) is 0 Å². The zero-order valence-electron chi connectivity index (χ0n) is 11.5. The van der Waals surface area contributed by atoms with Gasteiger partial charge in [-0.05, 0) is 33.6 Å². The minimum Gasteiger partial charge on any atom is -0.390 e. The second-order valence-corrected chi connectivity index (χ2v) is 6.69. The highest BCUT2D eigenvalue weighted by molar-refractivity contribution is 5.08. The third-order valence-corrected chi connectivity index (χ3v) is 4.64. The number of rotatable bonds is 4. The van der Waals surface area contributed by atoms with Crippen LogP contribution in [0.2, 0.25) is 0 Å². The lowest BCUT2D eigenvalue weighted by atomic mass is 9.92. The van der Waals surface area contributed by atoms with Crippen LogP contribution in [0.15, 0.2) is 0 Å². The van der Waals surface area contributed by atoms with Crippen LogP contribution in [0.1, 0.15) is 46.5 Å². The summed E-state index contributed by atoms with van der Waals surface area (Å²) >= 11 is 0. The third kappa shape index (κ3) is 2.44. The Bertz CT molecular complexity index is 330. The van der Waals surface area contributed by atoms with E-state index in [0.29, 0.717) is 6.10 Å². The van der Waals surface area contributed by atoms with Gasteiger partial charge in [0.15, 0.2) is 0 Å². The highest BCUT2D eigenvalue weighted by Gasteiger charge is 2.60. The lowest BCUT2D eigenvalue weighted by molar-refractivity contribution is -0.0792. The van der Waals surface area contributed by atoms with E-state index in [2.05, 4.69) is 20.8 Å². The van der Waals surface area contributed by atoms with E-state index < -0.39 is 0 Å². The molecule has 0 amide bonds. The molecule has 4 heteroatoms. The molecular weight excluding hydrogens is 232 g/mol. The van der Waals surface area contributed by atoms with Crippen molar-refractivity contribution in [3.63, 3.8) is 0 Å². The fourth-order valence-corrected chi connectivity index (χ4v) is 3.02. The zero-order chi connectivity index (χ0) is 13.0. The van der Waals surface area contributed by atoms with Gasteiger partial charge >= 0.3 is 0 Å². The van der Waals surface area contributed by atoms with Gasteiger partial charge in [-0.3, -0.25) is 0 Å². The Balaban J connectivity index is 1.48. The molecule has 3 aliphatic rings. The lowest BCUT2D eigenvalue weighted by Crippen LogP contribution is -2.35. The molecule has 0 aromatic heterocycles. The molecule has 3 heterocycles. The molecule has 0 spiro atoms. The number of aliphatic hydroxyl groups is 1. The quantitative estimate of drug-likeness (QED) is 0.777. The van der Waals surface area contributed by atoms with Crippen molar-refractivity contribution in [3.05, 3.63) is 0 Å². The molecule has 0 unspecified atom stereocenters. The molecule has 3 rings (SSSR count). The van der Waals surface area contributed by atoms with Gasteiger partial charge in [-0.1, -0.05) is 0 Å². The Morgan fingerprint density at radius 2 is 1.89 bits per heavy atom. The second-order valence-electron chi connectivity index (χ2n) is 6.69. The Morgan fingerprint density at radius 3 is 2.50 bits per heavy atom. The molecule has 3 saturated heterocycles. The van der Waals surface area contributed by atoms with E-state index in [0.717, 1.165) is 32.3 Å². The van der Waals surface area contributed by atoms with Gasteiger partial charge in [0.1, 0.15) is 0 Å². The Morgan fingerprint density at radius 1 is 1.17 bits per heavy atom. The van der Waals surface area contributed by atoms with E-state index in [1.807, 2.05) is 0 Å². The maximum Gasteiger partial charge on any atom is 0.0947 e. The predicted molar refractivity (Wildman–Crippen MR) is 66.4 cm³/mol. The maximum atomic E-state index is 9.89. The molecule has 0 aromatic rings. The van der Waals surface area contributed by atoms with Crippen LogP contribution >= 0.6 is 0 Å². The van der Waals surface area contributed by atoms with Crippen molar-refractivity contribution in [1.29, 1.82) is 0 Å². The molecule has 0 aromatic carbocycles. The van der Waals surface area contributed by atoms with Crippen LogP contribution in [0.4, 0.5) is 0 Å². The summed E-state index contributed by atoms with van der Waals surface area (Å²) in [5.74, 6) is 0. The van der Waals surface area contributed by atoms with E-state index >= 15 is 0 Å². The van der Waals surface area contributed by atoms with Gasteiger partial charge in [0.2, 0.25) is 0 Å². The highest BCUT2D eigenvalue weighted by Crippen LogP contribution is 2.50. The Kier molecular flexibility index (Phi) is 2.98. The second kappa shape index (κ2) is 4.17. The first-order valence-electron chi connectivity index (χ1n) is 7.06.